The minimum absolute atomic E-state index is 0.757. The van der Waals surface area contributed by atoms with Crippen molar-refractivity contribution < 1.29 is 60.2 Å². The lowest BCUT2D eigenvalue weighted by Gasteiger charge is -2.48. The second-order valence-corrected chi connectivity index (χ2v) is 5.71. The van der Waals surface area contributed by atoms with Crippen LogP contribution in [0.15, 0.2) is 0 Å². The van der Waals surface area contributed by atoms with E-state index in [1.807, 2.05) is 0 Å². The van der Waals surface area contributed by atoms with Gasteiger partial charge in [-0.2, -0.15) is 0 Å². The highest BCUT2D eigenvalue weighted by Crippen LogP contribution is 2.33. The summed E-state index contributed by atoms with van der Waals surface area (Å²) in [5.74, 6) is -3.01. The largest absolute Gasteiger partial charge is 0.394 e. The van der Waals surface area contributed by atoms with Crippen molar-refractivity contribution in [2.45, 2.75) is 61.1 Å². The molecule has 9 N–H and O–H groups in total. The van der Waals surface area contributed by atoms with Crippen molar-refractivity contribution in [3.8, 4) is 0 Å². The van der Waals surface area contributed by atoms with Crippen molar-refractivity contribution in [2.75, 3.05) is 13.2 Å². The Morgan fingerprint density at radius 2 is 1.29 bits per heavy atom. The van der Waals surface area contributed by atoms with Crippen molar-refractivity contribution in [2.24, 2.45) is 0 Å². The van der Waals surface area contributed by atoms with Gasteiger partial charge in [0.1, 0.15) is 42.7 Å². The van der Waals surface area contributed by atoms with Crippen molar-refractivity contribution in [1.82, 2.24) is 0 Å². The van der Waals surface area contributed by atoms with Crippen LogP contribution < -0.4 is 0 Å². The van der Waals surface area contributed by atoms with Crippen LogP contribution in [-0.2, 0) is 14.2 Å². The van der Waals surface area contributed by atoms with Crippen LogP contribution >= 0.6 is 0 Å². The third-order valence-corrected chi connectivity index (χ3v) is 4.06. The first-order chi connectivity index (χ1) is 11.2. The summed E-state index contributed by atoms with van der Waals surface area (Å²) in [6.07, 6.45) is -16.1. The quantitative estimate of drug-likeness (QED) is 0.215. The summed E-state index contributed by atoms with van der Waals surface area (Å²) in [6, 6.07) is 0. The molecule has 0 aromatic carbocycles. The third kappa shape index (κ3) is 3.41. The van der Waals surface area contributed by atoms with E-state index >= 15 is 0 Å². The summed E-state index contributed by atoms with van der Waals surface area (Å²) < 4.78 is 14.7. The number of hydrogen-bond donors (Lipinski definition) is 9. The monoisotopic (exact) mass is 358 g/mol. The predicted octanol–water partition coefficient (Wildman–Crippen LogP) is -6.08. The lowest BCUT2D eigenvalue weighted by molar-refractivity contribution is -0.488. The summed E-state index contributed by atoms with van der Waals surface area (Å²) in [4.78, 5) is 0. The van der Waals surface area contributed by atoms with Crippen molar-refractivity contribution in [1.29, 1.82) is 0 Å². The Morgan fingerprint density at radius 3 is 1.83 bits per heavy atom. The fourth-order valence-electron chi connectivity index (χ4n) is 2.55. The first kappa shape index (κ1) is 19.8. The van der Waals surface area contributed by atoms with Crippen LogP contribution in [0.3, 0.4) is 0 Å². The van der Waals surface area contributed by atoms with Crippen LogP contribution in [0.4, 0.5) is 0 Å². The van der Waals surface area contributed by atoms with E-state index in [1.165, 1.54) is 0 Å². The number of aliphatic hydroxyl groups is 9. The Labute approximate surface area is 135 Å². The van der Waals surface area contributed by atoms with Crippen LogP contribution in [0.25, 0.3) is 0 Å². The fourth-order valence-corrected chi connectivity index (χ4v) is 2.55. The molecule has 2 fully saturated rings. The number of rotatable bonds is 4. The van der Waals surface area contributed by atoms with E-state index in [0.29, 0.717) is 0 Å². The molecule has 0 spiro atoms. The van der Waals surface area contributed by atoms with Crippen LogP contribution in [-0.4, -0.2) is 120 Å². The van der Waals surface area contributed by atoms with E-state index in [2.05, 4.69) is 0 Å². The molecule has 24 heavy (non-hydrogen) atoms. The summed E-state index contributed by atoms with van der Waals surface area (Å²) in [7, 11) is 0. The van der Waals surface area contributed by atoms with E-state index in [9.17, 15) is 35.7 Å². The molecule has 2 rings (SSSR count). The van der Waals surface area contributed by atoms with Gasteiger partial charge in [-0.1, -0.05) is 0 Å². The maximum atomic E-state index is 10.2. The SMILES string of the molecule is OC[C@H]1O[C@H](O[C@]2(O)O[C@H](CO)[C@@H](O)[C@H](O)[C@H]2O)[C@H](O)[C@@H](O)[C@@H]1O. The summed E-state index contributed by atoms with van der Waals surface area (Å²) in [5, 5.41) is 86.7. The highest BCUT2D eigenvalue weighted by Gasteiger charge is 2.57. The van der Waals surface area contributed by atoms with E-state index in [1.54, 1.807) is 0 Å². The smallest absolute Gasteiger partial charge is 0.313 e. The molecule has 0 unspecified atom stereocenters. The van der Waals surface area contributed by atoms with Gasteiger partial charge in [0.15, 0.2) is 12.4 Å². The van der Waals surface area contributed by atoms with Crippen LogP contribution in [0.2, 0.25) is 0 Å². The van der Waals surface area contributed by atoms with Gasteiger partial charge in [-0.15, -0.1) is 0 Å². The van der Waals surface area contributed by atoms with Gasteiger partial charge in [-0.25, -0.2) is 0 Å². The van der Waals surface area contributed by atoms with Crippen molar-refractivity contribution in [3.63, 3.8) is 0 Å². The molecule has 10 atom stereocenters. The molecular weight excluding hydrogens is 336 g/mol. The first-order valence-electron chi connectivity index (χ1n) is 7.19. The zero-order chi connectivity index (χ0) is 18.2. The van der Waals surface area contributed by atoms with Gasteiger partial charge in [-0.3, -0.25) is 4.74 Å². The number of hydrogen-bond acceptors (Lipinski definition) is 12. The van der Waals surface area contributed by atoms with E-state index in [-0.39, 0.29) is 0 Å². The Bertz CT molecular complexity index is 419. The lowest BCUT2D eigenvalue weighted by atomic mass is 9.97. The zero-order valence-corrected chi connectivity index (χ0v) is 12.4. The minimum Gasteiger partial charge on any atom is -0.394 e. The summed E-state index contributed by atoms with van der Waals surface area (Å²) in [6.45, 7) is -1.60. The van der Waals surface area contributed by atoms with Gasteiger partial charge in [0.05, 0.1) is 13.2 Å². The topological polar surface area (TPSA) is 210 Å². The molecule has 2 saturated heterocycles. The molecule has 142 valence electrons. The maximum absolute atomic E-state index is 10.2. The minimum atomic E-state index is -3.01. The summed E-state index contributed by atoms with van der Waals surface area (Å²) >= 11 is 0. The highest BCUT2D eigenvalue weighted by atomic mass is 16.9. The third-order valence-electron chi connectivity index (χ3n) is 4.06. The molecule has 0 amide bonds. The highest BCUT2D eigenvalue weighted by molar-refractivity contribution is 4.94. The molecule has 0 aromatic heterocycles. The Balaban J connectivity index is 2.18. The van der Waals surface area contributed by atoms with Crippen LogP contribution in [0.5, 0.6) is 0 Å². The second-order valence-electron chi connectivity index (χ2n) is 5.71. The molecule has 0 bridgehead atoms. The van der Waals surface area contributed by atoms with E-state index in [0.717, 1.165) is 0 Å². The first-order valence-corrected chi connectivity index (χ1v) is 7.19. The van der Waals surface area contributed by atoms with Gasteiger partial charge in [-0.05, 0) is 0 Å². The maximum Gasteiger partial charge on any atom is 0.313 e. The van der Waals surface area contributed by atoms with E-state index < -0.39 is 74.3 Å². The Morgan fingerprint density at radius 1 is 0.750 bits per heavy atom. The Kier molecular flexibility index (Phi) is 6.12. The lowest BCUT2D eigenvalue weighted by Crippen LogP contribution is -2.69. The molecule has 0 aromatic rings. The molecule has 2 aliphatic rings. The molecular formula is C12H22O12. The van der Waals surface area contributed by atoms with Gasteiger partial charge < -0.3 is 55.4 Å². The number of aliphatic hydroxyl groups excluding tert-OH is 8. The standard InChI is InChI=1S/C12H22O12/c13-1-3-5(15)7(17)9(19)11(22-3)24-12(21)10(20)8(18)6(16)4(2-14)23-12/h3-11,13-21H,1-2H2/t3-,4-,5-,6-,7+,8+,9-,10-,11-,12-/m1/s1. The molecule has 0 saturated carbocycles. The second kappa shape index (κ2) is 7.41. The van der Waals surface area contributed by atoms with Gasteiger partial charge >= 0.3 is 5.97 Å². The molecule has 12 nitrogen and oxygen atoms in total. The average Bonchev–Trinajstić information content (AvgIpc) is 2.57. The van der Waals surface area contributed by atoms with Crippen LogP contribution in [0.1, 0.15) is 0 Å². The van der Waals surface area contributed by atoms with Crippen LogP contribution in [0, 0.1) is 0 Å². The Hall–Kier alpha value is -0.480. The van der Waals surface area contributed by atoms with E-state index in [4.69, 9.17) is 24.4 Å². The molecule has 0 aliphatic carbocycles. The zero-order valence-electron chi connectivity index (χ0n) is 12.4. The molecule has 2 heterocycles. The predicted molar refractivity (Wildman–Crippen MR) is 69.8 cm³/mol. The van der Waals surface area contributed by atoms with Gasteiger partial charge in [0, 0.05) is 0 Å². The van der Waals surface area contributed by atoms with Crippen molar-refractivity contribution in [3.05, 3.63) is 0 Å². The molecule has 2 aliphatic heterocycles. The normalized spacial score (nSPS) is 53.1. The van der Waals surface area contributed by atoms with Gasteiger partial charge in [0.25, 0.3) is 0 Å². The van der Waals surface area contributed by atoms with Crippen molar-refractivity contribution >= 4 is 0 Å². The average molecular weight is 358 g/mol. The molecule has 0 radical (unpaired) electrons. The summed E-state index contributed by atoms with van der Waals surface area (Å²) in [5.41, 5.74) is 0. The van der Waals surface area contributed by atoms with Gasteiger partial charge in [0.2, 0.25) is 0 Å². The fraction of sp³-hybridized carbons (Fsp3) is 1.00. The molecule has 12 heteroatoms. The number of ether oxygens (including phenoxy) is 3.